The Labute approximate surface area is 83.6 Å². The minimum Gasteiger partial charge on any atom is -0.387 e. The van der Waals surface area contributed by atoms with Gasteiger partial charge in [-0.1, -0.05) is 6.92 Å². The van der Waals surface area contributed by atoms with Gasteiger partial charge in [0.05, 0.1) is 6.10 Å². The van der Waals surface area contributed by atoms with Crippen molar-refractivity contribution in [3.8, 4) is 0 Å². The molecular weight excluding hydrogens is 182 g/mol. The Morgan fingerprint density at radius 2 is 2.23 bits per heavy atom. The maximum absolute atomic E-state index is 9.79. The number of rotatable bonds is 4. The summed E-state index contributed by atoms with van der Waals surface area (Å²) in [5.74, 6) is 0. The number of thiophene rings is 1. The highest BCUT2D eigenvalue weighted by Crippen LogP contribution is 2.25. The highest BCUT2D eigenvalue weighted by Gasteiger charge is 2.11. The lowest BCUT2D eigenvalue weighted by Gasteiger charge is -2.10. The molecule has 0 fully saturated rings. The fourth-order valence-electron chi connectivity index (χ4n) is 1.37. The second-order valence-corrected chi connectivity index (χ2v) is 4.65. The number of hydrogen-bond acceptors (Lipinski definition) is 3. The van der Waals surface area contributed by atoms with Gasteiger partial charge in [-0.2, -0.15) is 0 Å². The Morgan fingerprint density at radius 1 is 1.54 bits per heavy atom. The molecule has 74 valence electrons. The predicted molar refractivity (Wildman–Crippen MR) is 57.3 cm³/mol. The molecular formula is C10H17NOS. The zero-order valence-electron chi connectivity index (χ0n) is 8.42. The van der Waals surface area contributed by atoms with Crippen LogP contribution in [0, 0.1) is 13.8 Å². The van der Waals surface area contributed by atoms with Gasteiger partial charge in [0.25, 0.3) is 0 Å². The summed E-state index contributed by atoms with van der Waals surface area (Å²) in [6.07, 6.45) is -0.357. The van der Waals surface area contributed by atoms with Crippen LogP contribution in [0.5, 0.6) is 0 Å². The summed E-state index contributed by atoms with van der Waals surface area (Å²) in [5, 5.41) is 12.9. The van der Waals surface area contributed by atoms with Gasteiger partial charge in [0.15, 0.2) is 0 Å². The van der Waals surface area contributed by atoms with Crippen molar-refractivity contribution in [2.45, 2.75) is 26.9 Å². The first-order chi connectivity index (χ1) is 6.15. The molecule has 0 spiro atoms. The molecule has 1 heterocycles. The molecule has 2 nitrogen and oxygen atoms in total. The fourth-order valence-corrected chi connectivity index (χ4v) is 2.35. The Kier molecular flexibility index (Phi) is 3.90. The lowest BCUT2D eigenvalue weighted by atomic mass is 10.1. The molecule has 0 aliphatic heterocycles. The number of nitrogens with one attached hydrogen (secondary N) is 1. The molecule has 1 aromatic heterocycles. The summed E-state index contributed by atoms with van der Waals surface area (Å²) < 4.78 is 0. The molecule has 1 unspecified atom stereocenters. The molecule has 0 aliphatic carbocycles. The number of likely N-dealkylation sites (N-methyl/N-ethyl adjacent to an activating group) is 1. The molecule has 0 bridgehead atoms. The molecule has 1 rings (SSSR count). The first-order valence-corrected chi connectivity index (χ1v) is 5.42. The first kappa shape index (κ1) is 10.7. The van der Waals surface area contributed by atoms with Gasteiger partial charge in [-0.3, -0.25) is 0 Å². The fraction of sp³-hybridized carbons (Fsp3) is 0.600. The van der Waals surface area contributed by atoms with E-state index in [1.807, 2.05) is 6.92 Å². The monoisotopic (exact) mass is 199 g/mol. The molecule has 1 atom stereocenters. The third kappa shape index (κ3) is 2.79. The van der Waals surface area contributed by atoms with Crippen molar-refractivity contribution >= 4 is 11.3 Å². The lowest BCUT2D eigenvalue weighted by Crippen LogP contribution is -2.20. The number of aliphatic hydroxyl groups excluding tert-OH is 1. The third-order valence-electron chi connectivity index (χ3n) is 2.03. The Balaban J connectivity index is 2.64. The molecule has 0 saturated heterocycles. The van der Waals surface area contributed by atoms with Crippen LogP contribution >= 0.6 is 11.3 Å². The second kappa shape index (κ2) is 4.74. The predicted octanol–water partition coefficient (Wildman–Crippen LogP) is 2.01. The minimum absolute atomic E-state index is 0.357. The number of aliphatic hydroxyl groups is 1. The summed E-state index contributed by atoms with van der Waals surface area (Å²) in [6, 6.07) is 2.07. The van der Waals surface area contributed by atoms with Crippen molar-refractivity contribution in [2.75, 3.05) is 13.1 Å². The largest absolute Gasteiger partial charge is 0.387 e. The van der Waals surface area contributed by atoms with E-state index in [1.54, 1.807) is 11.3 Å². The van der Waals surface area contributed by atoms with Gasteiger partial charge in [0.2, 0.25) is 0 Å². The van der Waals surface area contributed by atoms with E-state index >= 15 is 0 Å². The molecule has 0 aromatic carbocycles. The third-order valence-corrected chi connectivity index (χ3v) is 3.01. The zero-order valence-corrected chi connectivity index (χ0v) is 9.24. The maximum Gasteiger partial charge on any atom is 0.0925 e. The van der Waals surface area contributed by atoms with Gasteiger partial charge in [-0.25, -0.2) is 0 Å². The van der Waals surface area contributed by atoms with Crippen molar-refractivity contribution in [2.24, 2.45) is 0 Å². The van der Waals surface area contributed by atoms with Gasteiger partial charge in [0.1, 0.15) is 0 Å². The van der Waals surface area contributed by atoms with Crippen molar-refractivity contribution in [1.29, 1.82) is 0 Å². The summed E-state index contributed by atoms with van der Waals surface area (Å²) in [7, 11) is 0. The Morgan fingerprint density at radius 3 is 2.69 bits per heavy atom. The van der Waals surface area contributed by atoms with Crippen molar-refractivity contribution < 1.29 is 5.11 Å². The van der Waals surface area contributed by atoms with E-state index in [0.717, 1.165) is 12.1 Å². The first-order valence-electron chi connectivity index (χ1n) is 4.60. The van der Waals surface area contributed by atoms with E-state index in [1.165, 1.54) is 9.75 Å². The lowest BCUT2D eigenvalue weighted by molar-refractivity contribution is 0.175. The van der Waals surface area contributed by atoms with E-state index in [0.29, 0.717) is 6.54 Å². The molecule has 0 radical (unpaired) electrons. The van der Waals surface area contributed by atoms with Crippen LogP contribution in [-0.4, -0.2) is 18.2 Å². The summed E-state index contributed by atoms with van der Waals surface area (Å²) in [6.45, 7) is 7.72. The topological polar surface area (TPSA) is 32.3 Å². The summed E-state index contributed by atoms with van der Waals surface area (Å²) >= 11 is 1.74. The van der Waals surface area contributed by atoms with Gasteiger partial charge < -0.3 is 10.4 Å². The van der Waals surface area contributed by atoms with E-state index in [2.05, 4.69) is 25.2 Å². The van der Waals surface area contributed by atoms with Crippen molar-refractivity contribution in [3.05, 3.63) is 21.4 Å². The molecule has 0 saturated carbocycles. The Bertz CT molecular complexity index is 270. The highest BCUT2D eigenvalue weighted by atomic mass is 32.1. The smallest absolute Gasteiger partial charge is 0.0925 e. The van der Waals surface area contributed by atoms with E-state index in [4.69, 9.17) is 0 Å². The van der Waals surface area contributed by atoms with Gasteiger partial charge in [-0.05, 0) is 32.0 Å². The van der Waals surface area contributed by atoms with Crippen LogP contribution in [-0.2, 0) is 0 Å². The van der Waals surface area contributed by atoms with Crippen LogP contribution in [0.4, 0.5) is 0 Å². The average Bonchev–Trinajstić information content (AvgIpc) is 2.41. The quantitative estimate of drug-likeness (QED) is 0.777. The number of hydrogen-bond donors (Lipinski definition) is 2. The average molecular weight is 199 g/mol. The SMILES string of the molecule is CCNCC(O)c1cc(C)sc1C. The number of aryl methyl sites for hydroxylation is 2. The summed E-state index contributed by atoms with van der Waals surface area (Å²) in [5.41, 5.74) is 1.07. The zero-order chi connectivity index (χ0) is 9.84. The normalized spacial score (nSPS) is 13.2. The van der Waals surface area contributed by atoms with Gasteiger partial charge in [0, 0.05) is 16.3 Å². The molecule has 2 N–H and O–H groups in total. The van der Waals surface area contributed by atoms with E-state index in [9.17, 15) is 5.11 Å². The molecule has 3 heteroatoms. The minimum atomic E-state index is -0.357. The standard InChI is InChI=1S/C10H17NOS/c1-4-11-6-10(12)9-5-7(2)13-8(9)3/h5,10-12H,4,6H2,1-3H3. The Hall–Kier alpha value is -0.380. The van der Waals surface area contributed by atoms with Gasteiger partial charge in [-0.15, -0.1) is 11.3 Å². The van der Waals surface area contributed by atoms with Crippen LogP contribution in [0.2, 0.25) is 0 Å². The van der Waals surface area contributed by atoms with Crippen LogP contribution in [0.3, 0.4) is 0 Å². The molecule has 13 heavy (non-hydrogen) atoms. The van der Waals surface area contributed by atoms with Gasteiger partial charge >= 0.3 is 0 Å². The van der Waals surface area contributed by atoms with Crippen molar-refractivity contribution in [1.82, 2.24) is 5.32 Å². The van der Waals surface area contributed by atoms with Crippen LogP contribution in [0.15, 0.2) is 6.07 Å². The molecule has 0 amide bonds. The van der Waals surface area contributed by atoms with Crippen LogP contribution in [0.25, 0.3) is 0 Å². The van der Waals surface area contributed by atoms with Crippen LogP contribution < -0.4 is 5.32 Å². The molecule has 1 aromatic rings. The summed E-state index contributed by atoms with van der Waals surface area (Å²) in [4.78, 5) is 2.49. The van der Waals surface area contributed by atoms with E-state index in [-0.39, 0.29) is 6.10 Å². The molecule has 0 aliphatic rings. The second-order valence-electron chi connectivity index (χ2n) is 3.19. The highest BCUT2D eigenvalue weighted by molar-refractivity contribution is 7.12. The van der Waals surface area contributed by atoms with E-state index < -0.39 is 0 Å². The van der Waals surface area contributed by atoms with Crippen molar-refractivity contribution in [3.63, 3.8) is 0 Å². The van der Waals surface area contributed by atoms with Crippen LogP contribution in [0.1, 0.15) is 28.3 Å². The maximum atomic E-state index is 9.79.